The van der Waals surface area contributed by atoms with Gasteiger partial charge in [0.1, 0.15) is 11.3 Å². The molecule has 0 unspecified atom stereocenters. The fourth-order valence-electron chi connectivity index (χ4n) is 7.16. The van der Waals surface area contributed by atoms with Gasteiger partial charge in [0, 0.05) is 5.56 Å². The first kappa shape index (κ1) is 22.1. The smallest absolute Gasteiger partial charge is 0.153 e. The van der Waals surface area contributed by atoms with Crippen molar-refractivity contribution >= 4 is 54.1 Å². The second kappa shape index (κ2) is 7.96. The topological polar surface area (TPSA) is 27.1 Å². The van der Waals surface area contributed by atoms with Gasteiger partial charge in [0.25, 0.3) is 0 Å². The molecule has 0 spiro atoms. The molecule has 1 aliphatic heterocycles. The number of fused-ring (bicyclic) bond motifs is 4. The largest absolute Gasteiger partial charge is 0.453 e. The lowest BCUT2D eigenvalue weighted by atomic mass is 9.87. The van der Waals surface area contributed by atoms with Gasteiger partial charge in [-0.2, -0.15) is 0 Å². The van der Waals surface area contributed by atoms with Crippen LogP contribution < -0.4 is 4.74 Å². The van der Waals surface area contributed by atoms with E-state index >= 15 is 0 Å². The standard InChI is InChI=1S/C39H22N2O/c1-2-8-24(9-3-1)39-40-32-16-7-17-34-38(32)41(39)33-21-18-25(22-35(33)42-34)26-19-20-31-29-13-5-11-23-10-4-12-28(36(23)29)30-15-6-14-27(26)37(30)31/h1-22H. The van der Waals surface area contributed by atoms with Crippen LogP contribution in [0.3, 0.4) is 0 Å². The third-order valence-corrected chi connectivity index (χ3v) is 8.93. The van der Waals surface area contributed by atoms with E-state index in [0.29, 0.717) is 0 Å². The molecule has 0 saturated heterocycles. The molecule has 2 heterocycles. The molecule has 0 amide bonds. The van der Waals surface area contributed by atoms with Gasteiger partial charge in [-0.1, -0.05) is 109 Å². The number of aromatic nitrogens is 2. The Balaban J connectivity index is 1.23. The highest BCUT2D eigenvalue weighted by Crippen LogP contribution is 2.47. The minimum atomic E-state index is 0.827. The maximum absolute atomic E-state index is 6.58. The predicted octanol–water partition coefficient (Wildman–Crippen LogP) is 10.5. The first-order chi connectivity index (χ1) is 20.8. The maximum atomic E-state index is 6.58. The minimum absolute atomic E-state index is 0.827. The molecule has 0 bridgehead atoms. The summed E-state index contributed by atoms with van der Waals surface area (Å²) in [7, 11) is 0. The average Bonchev–Trinajstić information content (AvgIpc) is 3.45. The zero-order valence-electron chi connectivity index (χ0n) is 22.5. The van der Waals surface area contributed by atoms with Crippen LogP contribution >= 0.6 is 0 Å². The van der Waals surface area contributed by atoms with E-state index in [4.69, 9.17) is 9.72 Å². The van der Waals surface area contributed by atoms with E-state index in [2.05, 4.69) is 120 Å². The summed E-state index contributed by atoms with van der Waals surface area (Å²) in [5.74, 6) is 2.58. The van der Waals surface area contributed by atoms with Gasteiger partial charge < -0.3 is 4.74 Å². The van der Waals surface area contributed by atoms with E-state index in [-0.39, 0.29) is 0 Å². The SMILES string of the molecule is c1ccc(-c2nc3cccc4c3n2-c2ccc(-c3ccc5c6cccc7cccc(c8cccc3c85)c76)cc2O4)cc1. The van der Waals surface area contributed by atoms with E-state index in [9.17, 15) is 0 Å². The molecule has 3 heteroatoms. The van der Waals surface area contributed by atoms with Gasteiger partial charge in [-0.25, -0.2) is 4.98 Å². The van der Waals surface area contributed by atoms with E-state index in [1.807, 2.05) is 18.2 Å². The van der Waals surface area contributed by atoms with E-state index in [1.54, 1.807) is 0 Å². The number of hydrogen-bond acceptors (Lipinski definition) is 2. The van der Waals surface area contributed by atoms with Crippen molar-refractivity contribution in [1.29, 1.82) is 0 Å². The highest BCUT2D eigenvalue weighted by molar-refractivity contribution is 6.34. The monoisotopic (exact) mass is 534 g/mol. The van der Waals surface area contributed by atoms with E-state index in [1.165, 1.54) is 48.7 Å². The Morgan fingerprint density at radius 2 is 1.21 bits per heavy atom. The quantitative estimate of drug-likeness (QED) is 0.163. The zero-order chi connectivity index (χ0) is 27.4. The Morgan fingerprint density at radius 1 is 0.500 bits per heavy atom. The van der Waals surface area contributed by atoms with Crippen LogP contribution in [-0.4, -0.2) is 9.55 Å². The second-order valence-corrected chi connectivity index (χ2v) is 11.1. The summed E-state index contributed by atoms with van der Waals surface area (Å²) in [6.07, 6.45) is 0. The lowest BCUT2D eigenvalue weighted by Gasteiger charge is -2.22. The van der Waals surface area contributed by atoms with Crippen LogP contribution in [0.5, 0.6) is 11.5 Å². The molecule has 9 aromatic rings. The van der Waals surface area contributed by atoms with Crippen molar-refractivity contribution in [2.45, 2.75) is 0 Å². The molecule has 1 aromatic heterocycles. The number of imidazole rings is 1. The molecule has 1 aliphatic rings. The fraction of sp³-hybridized carbons (Fsp3) is 0. The first-order valence-electron chi connectivity index (χ1n) is 14.3. The summed E-state index contributed by atoms with van der Waals surface area (Å²) in [5, 5.41) is 10.4. The van der Waals surface area contributed by atoms with Gasteiger partial charge in [0.2, 0.25) is 0 Å². The minimum Gasteiger partial charge on any atom is -0.453 e. The summed E-state index contributed by atoms with van der Waals surface area (Å²) in [6.45, 7) is 0. The summed E-state index contributed by atoms with van der Waals surface area (Å²) in [5.41, 5.74) is 6.35. The molecule has 0 aliphatic carbocycles. The van der Waals surface area contributed by atoms with Crippen molar-refractivity contribution in [3.8, 4) is 39.7 Å². The molecule has 0 fully saturated rings. The number of ether oxygens (including phenoxy) is 1. The molecule has 0 atom stereocenters. The number of benzene rings is 8. The van der Waals surface area contributed by atoms with Crippen molar-refractivity contribution in [3.63, 3.8) is 0 Å². The van der Waals surface area contributed by atoms with Crippen LogP contribution in [0, 0.1) is 0 Å². The lowest BCUT2D eigenvalue weighted by molar-refractivity contribution is 0.476. The molecular formula is C39H22N2O. The molecule has 194 valence electrons. The zero-order valence-corrected chi connectivity index (χ0v) is 22.5. The first-order valence-corrected chi connectivity index (χ1v) is 14.3. The Morgan fingerprint density at radius 3 is 2.05 bits per heavy atom. The molecule has 10 rings (SSSR count). The van der Waals surface area contributed by atoms with Gasteiger partial charge in [-0.3, -0.25) is 4.57 Å². The summed E-state index contributed by atoms with van der Waals surface area (Å²) < 4.78 is 8.82. The lowest BCUT2D eigenvalue weighted by Crippen LogP contribution is -2.06. The van der Waals surface area contributed by atoms with Crippen LogP contribution in [-0.2, 0) is 0 Å². The van der Waals surface area contributed by atoms with Crippen LogP contribution in [0.2, 0.25) is 0 Å². The van der Waals surface area contributed by atoms with Crippen molar-refractivity contribution in [1.82, 2.24) is 9.55 Å². The summed E-state index contributed by atoms with van der Waals surface area (Å²) in [4.78, 5) is 5.03. The number of para-hydroxylation sites is 1. The molecule has 0 N–H and O–H groups in total. The van der Waals surface area contributed by atoms with Crippen molar-refractivity contribution in [2.24, 2.45) is 0 Å². The van der Waals surface area contributed by atoms with Crippen LogP contribution in [0.15, 0.2) is 133 Å². The highest BCUT2D eigenvalue weighted by atomic mass is 16.5. The normalized spacial score (nSPS) is 12.5. The highest BCUT2D eigenvalue weighted by Gasteiger charge is 2.25. The molecule has 8 aromatic carbocycles. The van der Waals surface area contributed by atoms with E-state index in [0.717, 1.165) is 45.2 Å². The molecule has 0 radical (unpaired) electrons. The van der Waals surface area contributed by atoms with Crippen molar-refractivity contribution in [2.75, 3.05) is 0 Å². The average molecular weight is 535 g/mol. The van der Waals surface area contributed by atoms with E-state index < -0.39 is 0 Å². The van der Waals surface area contributed by atoms with Crippen LogP contribution in [0.1, 0.15) is 0 Å². The molecule has 0 saturated carbocycles. The van der Waals surface area contributed by atoms with Gasteiger partial charge in [0.05, 0.1) is 11.2 Å². The van der Waals surface area contributed by atoms with Gasteiger partial charge >= 0.3 is 0 Å². The maximum Gasteiger partial charge on any atom is 0.153 e. The summed E-state index contributed by atoms with van der Waals surface area (Å²) in [6, 6.07) is 47.7. The fourth-order valence-corrected chi connectivity index (χ4v) is 7.16. The van der Waals surface area contributed by atoms with Crippen LogP contribution in [0.25, 0.3) is 82.3 Å². The van der Waals surface area contributed by atoms with Gasteiger partial charge in [-0.05, 0) is 78.5 Å². The van der Waals surface area contributed by atoms with Crippen molar-refractivity contribution < 1.29 is 4.74 Å². The molecule has 3 nitrogen and oxygen atoms in total. The molecular weight excluding hydrogens is 512 g/mol. The Kier molecular flexibility index (Phi) is 4.18. The predicted molar refractivity (Wildman–Crippen MR) is 173 cm³/mol. The third kappa shape index (κ3) is 2.82. The third-order valence-electron chi connectivity index (χ3n) is 8.93. The number of nitrogens with zero attached hydrogens (tertiary/aromatic N) is 2. The second-order valence-electron chi connectivity index (χ2n) is 11.1. The summed E-state index contributed by atoms with van der Waals surface area (Å²) >= 11 is 0. The van der Waals surface area contributed by atoms with Crippen molar-refractivity contribution in [3.05, 3.63) is 133 Å². The number of rotatable bonds is 2. The van der Waals surface area contributed by atoms with Gasteiger partial charge in [0.15, 0.2) is 11.5 Å². The Labute approximate surface area is 241 Å². The number of hydrogen-bond donors (Lipinski definition) is 0. The van der Waals surface area contributed by atoms with Gasteiger partial charge in [-0.15, -0.1) is 0 Å². The van der Waals surface area contributed by atoms with Crippen LogP contribution in [0.4, 0.5) is 0 Å². The molecule has 42 heavy (non-hydrogen) atoms. The Bertz CT molecular complexity index is 2490. The Hall–Kier alpha value is -5.67.